The number of hydrogen-bond donors (Lipinski definition) is 1. The van der Waals surface area contributed by atoms with Gasteiger partial charge < -0.3 is 5.32 Å². The minimum absolute atomic E-state index is 0.186. The molecule has 0 bridgehead atoms. The predicted molar refractivity (Wildman–Crippen MR) is 65.7 cm³/mol. The van der Waals surface area contributed by atoms with Crippen molar-refractivity contribution in [3.05, 3.63) is 34.1 Å². The molecule has 0 unspecified atom stereocenters. The van der Waals surface area contributed by atoms with E-state index < -0.39 is 0 Å². The van der Waals surface area contributed by atoms with Gasteiger partial charge in [-0.3, -0.25) is 4.99 Å². The standard InChI is InChI=1S/C10H10BrFN2S/c11-8-1-2-9(12)7(5-8)6-14-10-13-3-4-15-10/h1-2,5H,3-4,6H2,(H,13,14). The van der Waals surface area contributed by atoms with Crippen LogP contribution in [-0.4, -0.2) is 17.5 Å². The molecular formula is C10H10BrFN2S. The summed E-state index contributed by atoms with van der Waals surface area (Å²) < 4.78 is 14.2. The maximum atomic E-state index is 13.3. The zero-order chi connectivity index (χ0) is 10.7. The molecule has 1 N–H and O–H groups in total. The van der Waals surface area contributed by atoms with Gasteiger partial charge in [-0.25, -0.2) is 4.39 Å². The Hall–Kier alpha value is -0.550. The molecule has 1 aliphatic rings. The second-order valence-electron chi connectivity index (χ2n) is 3.12. The van der Waals surface area contributed by atoms with Crippen LogP contribution >= 0.6 is 27.7 Å². The number of nitrogens with one attached hydrogen (secondary N) is 1. The molecule has 0 saturated heterocycles. The van der Waals surface area contributed by atoms with Crippen LogP contribution in [0.25, 0.3) is 0 Å². The van der Waals surface area contributed by atoms with Gasteiger partial charge in [-0.2, -0.15) is 0 Å². The number of thioether (sulfide) groups is 1. The summed E-state index contributed by atoms with van der Waals surface area (Å²) in [5.41, 5.74) is 0.652. The maximum absolute atomic E-state index is 13.3. The van der Waals surface area contributed by atoms with Gasteiger partial charge in [0.05, 0.1) is 6.54 Å². The van der Waals surface area contributed by atoms with Crippen LogP contribution in [0, 0.1) is 5.82 Å². The number of benzene rings is 1. The van der Waals surface area contributed by atoms with E-state index >= 15 is 0 Å². The van der Waals surface area contributed by atoms with Crippen LogP contribution in [0.3, 0.4) is 0 Å². The van der Waals surface area contributed by atoms with E-state index in [0.29, 0.717) is 12.1 Å². The van der Waals surface area contributed by atoms with E-state index in [9.17, 15) is 4.39 Å². The molecule has 0 amide bonds. The average Bonchev–Trinajstić information content (AvgIpc) is 2.72. The van der Waals surface area contributed by atoms with Crippen LogP contribution < -0.4 is 5.32 Å². The van der Waals surface area contributed by atoms with Crippen molar-refractivity contribution in [1.82, 2.24) is 5.32 Å². The highest BCUT2D eigenvalue weighted by atomic mass is 79.9. The largest absolute Gasteiger partial charge is 0.361 e. The molecule has 80 valence electrons. The van der Waals surface area contributed by atoms with E-state index in [1.807, 2.05) is 0 Å². The lowest BCUT2D eigenvalue weighted by molar-refractivity contribution is 0.606. The van der Waals surface area contributed by atoms with Crippen LogP contribution in [0.5, 0.6) is 0 Å². The highest BCUT2D eigenvalue weighted by molar-refractivity contribution is 9.10. The van der Waals surface area contributed by atoms with E-state index in [-0.39, 0.29) is 5.82 Å². The molecule has 0 fully saturated rings. The van der Waals surface area contributed by atoms with Crippen molar-refractivity contribution < 1.29 is 4.39 Å². The minimum Gasteiger partial charge on any atom is -0.361 e. The van der Waals surface area contributed by atoms with Gasteiger partial charge in [0.1, 0.15) is 5.82 Å². The fourth-order valence-corrected chi connectivity index (χ4v) is 2.43. The average molecular weight is 289 g/mol. The van der Waals surface area contributed by atoms with Crippen molar-refractivity contribution in [1.29, 1.82) is 0 Å². The van der Waals surface area contributed by atoms with E-state index in [2.05, 4.69) is 26.2 Å². The highest BCUT2D eigenvalue weighted by Gasteiger charge is 2.08. The summed E-state index contributed by atoms with van der Waals surface area (Å²) >= 11 is 5.00. The third kappa shape index (κ3) is 2.95. The van der Waals surface area contributed by atoms with Crippen LogP contribution in [0.4, 0.5) is 4.39 Å². The van der Waals surface area contributed by atoms with Gasteiger partial charge in [-0.05, 0) is 18.2 Å². The monoisotopic (exact) mass is 288 g/mol. The van der Waals surface area contributed by atoms with Gasteiger partial charge in [0.2, 0.25) is 0 Å². The Bertz CT molecular complexity index is 395. The molecular weight excluding hydrogens is 279 g/mol. The summed E-state index contributed by atoms with van der Waals surface area (Å²) in [4.78, 5) is 4.24. The number of hydrogen-bond acceptors (Lipinski definition) is 3. The van der Waals surface area contributed by atoms with Crippen molar-refractivity contribution >= 4 is 32.9 Å². The summed E-state index contributed by atoms with van der Waals surface area (Å²) in [6.45, 7) is 1.34. The summed E-state index contributed by atoms with van der Waals surface area (Å²) in [5, 5.41) is 4.03. The molecule has 1 aliphatic heterocycles. The molecule has 0 saturated carbocycles. The topological polar surface area (TPSA) is 24.4 Å². The summed E-state index contributed by atoms with van der Waals surface area (Å²) in [7, 11) is 0. The second-order valence-corrected chi connectivity index (χ2v) is 5.12. The molecule has 0 atom stereocenters. The summed E-state index contributed by atoms with van der Waals surface area (Å²) in [6.07, 6.45) is 0. The van der Waals surface area contributed by atoms with E-state index in [0.717, 1.165) is 21.9 Å². The molecule has 1 aromatic carbocycles. The first kappa shape index (κ1) is 11.0. The maximum Gasteiger partial charge on any atom is 0.156 e. The number of aliphatic imine (C=N–C) groups is 1. The quantitative estimate of drug-likeness (QED) is 0.905. The van der Waals surface area contributed by atoms with Crippen molar-refractivity contribution in [2.45, 2.75) is 6.54 Å². The van der Waals surface area contributed by atoms with Gasteiger partial charge >= 0.3 is 0 Å². The molecule has 2 rings (SSSR count). The van der Waals surface area contributed by atoms with Gasteiger partial charge in [0, 0.05) is 22.3 Å². The fraction of sp³-hybridized carbons (Fsp3) is 0.300. The first-order chi connectivity index (χ1) is 7.25. The molecule has 0 aromatic heterocycles. The van der Waals surface area contributed by atoms with Gasteiger partial charge in [0.15, 0.2) is 5.17 Å². The van der Waals surface area contributed by atoms with Gasteiger partial charge in [-0.15, -0.1) is 0 Å². The van der Waals surface area contributed by atoms with Gasteiger partial charge in [-0.1, -0.05) is 27.7 Å². The zero-order valence-corrected chi connectivity index (χ0v) is 10.4. The molecule has 5 heteroatoms. The first-order valence-corrected chi connectivity index (χ1v) is 6.38. The SMILES string of the molecule is Fc1ccc(Br)cc1CNC1=NCCS1. The number of halogens is 2. The van der Waals surface area contributed by atoms with E-state index in [1.165, 1.54) is 6.07 Å². The lowest BCUT2D eigenvalue weighted by Gasteiger charge is -2.06. The van der Waals surface area contributed by atoms with Crippen molar-refractivity contribution in [3.63, 3.8) is 0 Å². The Labute approximate surface area is 100 Å². The van der Waals surface area contributed by atoms with Crippen molar-refractivity contribution in [2.75, 3.05) is 12.3 Å². The first-order valence-electron chi connectivity index (χ1n) is 4.61. The van der Waals surface area contributed by atoms with Crippen LogP contribution in [-0.2, 0) is 6.54 Å². The third-order valence-corrected chi connectivity index (χ3v) is 3.45. The molecule has 0 aliphatic carbocycles. The van der Waals surface area contributed by atoms with Gasteiger partial charge in [0.25, 0.3) is 0 Å². The van der Waals surface area contributed by atoms with Crippen LogP contribution in [0.15, 0.2) is 27.7 Å². The van der Waals surface area contributed by atoms with Crippen molar-refractivity contribution in [2.24, 2.45) is 4.99 Å². The smallest absolute Gasteiger partial charge is 0.156 e. The normalized spacial score (nSPS) is 15.2. The lowest BCUT2D eigenvalue weighted by atomic mass is 10.2. The molecule has 0 radical (unpaired) electrons. The summed E-state index contributed by atoms with van der Waals surface area (Å²) in [5.74, 6) is 0.831. The highest BCUT2D eigenvalue weighted by Crippen LogP contribution is 2.16. The Balaban J connectivity index is 2.00. The number of amidine groups is 1. The third-order valence-electron chi connectivity index (χ3n) is 2.02. The molecule has 2 nitrogen and oxygen atoms in total. The Kier molecular flexibility index (Phi) is 3.64. The van der Waals surface area contributed by atoms with E-state index in [4.69, 9.17) is 0 Å². The summed E-state index contributed by atoms with van der Waals surface area (Å²) in [6, 6.07) is 4.94. The Morgan fingerprint density at radius 3 is 3.13 bits per heavy atom. The lowest BCUT2D eigenvalue weighted by Crippen LogP contribution is -2.18. The fourth-order valence-electron chi connectivity index (χ4n) is 1.29. The van der Waals surface area contributed by atoms with Crippen LogP contribution in [0.1, 0.15) is 5.56 Å². The van der Waals surface area contributed by atoms with Crippen LogP contribution in [0.2, 0.25) is 0 Å². The number of rotatable bonds is 2. The predicted octanol–water partition coefficient (Wildman–Crippen LogP) is 2.78. The molecule has 15 heavy (non-hydrogen) atoms. The second kappa shape index (κ2) is 4.99. The molecule has 1 aromatic rings. The Morgan fingerprint density at radius 1 is 1.53 bits per heavy atom. The minimum atomic E-state index is -0.186. The van der Waals surface area contributed by atoms with Crippen molar-refractivity contribution in [3.8, 4) is 0 Å². The molecule has 1 heterocycles. The number of nitrogens with zero attached hydrogens (tertiary/aromatic N) is 1. The van der Waals surface area contributed by atoms with E-state index in [1.54, 1.807) is 23.9 Å². The zero-order valence-electron chi connectivity index (χ0n) is 7.96. The Morgan fingerprint density at radius 2 is 2.40 bits per heavy atom. The molecule has 0 spiro atoms.